The molecule has 2 saturated heterocycles. The Kier molecular flexibility index (Phi) is 6.15. The lowest BCUT2D eigenvalue weighted by atomic mass is 9.64. The van der Waals surface area contributed by atoms with Crippen LogP contribution in [0.2, 0.25) is 0 Å². The molecule has 1 aliphatic carbocycles. The van der Waals surface area contributed by atoms with Crippen LogP contribution in [0.25, 0.3) is 0 Å². The number of hydrogen-bond donors (Lipinski definition) is 1. The van der Waals surface area contributed by atoms with Crippen LogP contribution in [0.3, 0.4) is 0 Å². The van der Waals surface area contributed by atoms with Crippen molar-refractivity contribution in [1.29, 1.82) is 0 Å². The van der Waals surface area contributed by atoms with Crippen molar-refractivity contribution in [2.24, 2.45) is 5.41 Å². The zero-order valence-electron chi connectivity index (χ0n) is 17.9. The highest BCUT2D eigenvalue weighted by atomic mass is 19.1. The Bertz CT molecular complexity index is 741. The van der Waals surface area contributed by atoms with Gasteiger partial charge in [-0.3, -0.25) is 9.69 Å². The summed E-state index contributed by atoms with van der Waals surface area (Å²) in [4.78, 5) is 18.9. The van der Waals surface area contributed by atoms with Crippen molar-refractivity contribution < 1.29 is 18.7 Å². The molecule has 0 aromatic heterocycles. The number of piperidine rings is 1. The van der Waals surface area contributed by atoms with E-state index < -0.39 is 28.7 Å². The van der Waals surface area contributed by atoms with Crippen LogP contribution in [-0.2, 0) is 0 Å². The Balaban J connectivity index is 1.31. The third-order valence-electron chi connectivity index (χ3n) is 7.64. The summed E-state index contributed by atoms with van der Waals surface area (Å²) in [7, 11) is 2.13. The van der Waals surface area contributed by atoms with Gasteiger partial charge < -0.3 is 14.9 Å². The zero-order chi connectivity index (χ0) is 21.4. The van der Waals surface area contributed by atoms with E-state index in [0.717, 1.165) is 83.4 Å². The molecule has 5 nitrogen and oxygen atoms in total. The first-order valence-electron chi connectivity index (χ1n) is 11.2. The molecule has 1 spiro atoms. The number of aliphatic hydroxyl groups is 1. The maximum Gasteiger partial charge on any atom is 0.259 e. The quantitative estimate of drug-likeness (QED) is 0.815. The molecule has 0 unspecified atom stereocenters. The molecule has 30 heavy (non-hydrogen) atoms. The summed E-state index contributed by atoms with van der Waals surface area (Å²) < 4.78 is 28.0. The van der Waals surface area contributed by atoms with Crippen molar-refractivity contribution in [3.63, 3.8) is 0 Å². The van der Waals surface area contributed by atoms with Crippen LogP contribution in [0.1, 0.15) is 48.9 Å². The minimum absolute atomic E-state index is 0.138. The average molecular weight is 422 g/mol. The highest BCUT2D eigenvalue weighted by Gasteiger charge is 2.44. The number of likely N-dealkylation sites (tertiary alicyclic amines) is 1. The lowest BCUT2D eigenvalue weighted by molar-refractivity contribution is -0.0718. The van der Waals surface area contributed by atoms with Crippen molar-refractivity contribution in [3.05, 3.63) is 35.4 Å². The standard InChI is InChI=1S/C23H33F2N3O2/c1-26-13-15-27(16-14-26)17-23(30)7-5-22(6-8-23)9-11-28(12-10-22)21(29)20-18(24)3-2-4-19(20)25/h2-4,30H,5-17H2,1H3. The first-order chi connectivity index (χ1) is 14.3. The zero-order valence-corrected chi connectivity index (χ0v) is 17.9. The van der Waals surface area contributed by atoms with Gasteiger partial charge in [-0.05, 0) is 63.1 Å². The second kappa shape index (κ2) is 8.52. The van der Waals surface area contributed by atoms with Gasteiger partial charge >= 0.3 is 0 Å². The first kappa shape index (κ1) is 21.7. The van der Waals surface area contributed by atoms with Crippen molar-refractivity contribution in [2.45, 2.75) is 44.1 Å². The molecule has 0 radical (unpaired) electrons. The van der Waals surface area contributed by atoms with Crippen LogP contribution < -0.4 is 0 Å². The van der Waals surface area contributed by atoms with Gasteiger partial charge in [0.1, 0.15) is 17.2 Å². The van der Waals surface area contributed by atoms with Crippen LogP contribution in [0, 0.1) is 17.0 Å². The molecule has 1 aromatic rings. The van der Waals surface area contributed by atoms with Crippen molar-refractivity contribution in [3.8, 4) is 0 Å². The molecule has 1 saturated carbocycles. The molecule has 166 valence electrons. The molecule has 0 atom stereocenters. The smallest absolute Gasteiger partial charge is 0.259 e. The van der Waals surface area contributed by atoms with E-state index in [9.17, 15) is 18.7 Å². The third-order valence-corrected chi connectivity index (χ3v) is 7.64. The summed E-state index contributed by atoms with van der Waals surface area (Å²) in [5, 5.41) is 11.2. The number of amides is 1. The molecule has 4 rings (SSSR count). The molecule has 1 amide bonds. The molecular formula is C23H33F2N3O2. The van der Waals surface area contributed by atoms with E-state index in [1.54, 1.807) is 4.90 Å². The number of benzene rings is 1. The highest BCUT2D eigenvalue weighted by Crippen LogP contribution is 2.48. The number of carbonyl (C=O) groups excluding carboxylic acids is 1. The maximum absolute atomic E-state index is 14.0. The number of carbonyl (C=O) groups is 1. The number of nitrogens with zero attached hydrogens (tertiary/aromatic N) is 3. The van der Waals surface area contributed by atoms with Gasteiger partial charge in [0.15, 0.2) is 0 Å². The summed E-state index contributed by atoms with van der Waals surface area (Å²) in [6.45, 7) is 5.89. The predicted molar refractivity (Wildman–Crippen MR) is 111 cm³/mol. The minimum Gasteiger partial charge on any atom is -0.389 e. The topological polar surface area (TPSA) is 47.0 Å². The van der Waals surface area contributed by atoms with E-state index in [-0.39, 0.29) is 5.41 Å². The normalized spacial score (nSPS) is 24.9. The molecule has 1 N–H and O–H groups in total. The van der Waals surface area contributed by atoms with E-state index in [0.29, 0.717) is 13.1 Å². The summed E-state index contributed by atoms with van der Waals surface area (Å²) in [6, 6.07) is 3.53. The monoisotopic (exact) mass is 421 g/mol. The minimum atomic E-state index is -0.799. The van der Waals surface area contributed by atoms with Crippen LogP contribution >= 0.6 is 0 Å². The number of hydrogen-bond acceptors (Lipinski definition) is 4. The van der Waals surface area contributed by atoms with E-state index >= 15 is 0 Å². The number of piperazine rings is 1. The van der Waals surface area contributed by atoms with Gasteiger partial charge in [0.2, 0.25) is 0 Å². The summed E-state index contributed by atoms with van der Waals surface area (Å²) in [6.07, 6.45) is 5.14. The molecular weight excluding hydrogens is 388 g/mol. The average Bonchev–Trinajstić information content (AvgIpc) is 2.73. The molecule has 0 bridgehead atoms. The van der Waals surface area contributed by atoms with E-state index in [4.69, 9.17) is 0 Å². The number of likely N-dealkylation sites (N-methyl/N-ethyl adjacent to an activating group) is 1. The highest BCUT2D eigenvalue weighted by molar-refractivity contribution is 5.94. The fourth-order valence-corrected chi connectivity index (χ4v) is 5.37. The molecule has 3 fully saturated rings. The van der Waals surface area contributed by atoms with Gasteiger partial charge in [-0.2, -0.15) is 0 Å². The van der Waals surface area contributed by atoms with Gasteiger partial charge in [-0.1, -0.05) is 6.07 Å². The molecule has 3 aliphatic rings. The number of rotatable bonds is 3. The SMILES string of the molecule is CN1CCN(CC2(O)CCC3(CCN(C(=O)c4c(F)cccc4F)CC3)CC2)CC1. The Morgan fingerprint density at radius 1 is 0.933 bits per heavy atom. The van der Waals surface area contributed by atoms with Gasteiger partial charge in [0, 0.05) is 45.8 Å². The van der Waals surface area contributed by atoms with Crippen molar-refractivity contribution >= 4 is 5.91 Å². The Morgan fingerprint density at radius 2 is 1.50 bits per heavy atom. The van der Waals surface area contributed by atoms with Crippen molar-refractivity contribution in [2.75, 3.05) is 52.9 Å². The third kappa shape index (κ3) is 4.53. The second-order valence-corrected chi connectivity index (χ2v) is 9.69. The second-order valence-electron chi connectivity index (χ2n) is 9.69. The first-order valence-corrected chi connectivity index (χ1v) is 11.2. The van der Waals surface area contributed by atoms with E-state index in [2.05, 4.69) is 16.8 Å². The summed E-state index contributed by atoms with van der Waals surface area (Å²) >= 11 is 0. The Labute approximate surface area is 177 Å². The van der Waals surface area contributed by atoms with Crippen LogP contribution in [0.15, 0.2) is 18.2 Å². The van der Waals surface area contributed by atoms with Crippen LogP contribution in [-0.4, -0.2) is 84.2 Å². The fraction of sp³-hybridized carbons (Fsp3) is 0.696. The molecule has 2 heterocycles. The van der Waals surface area contributed by atoms with Crippen LogP contribution in [0.5, 0.6) is 0 Å². The molecule has 2 aliphatic heterocycles. The van der Waals surface area contributed by atoms with Crippen molar-refractivity contribution in [1.82, 2.24) is 14.7 Å². The fourth-order valence-electron chi connectivity index (χ4n) is 5.37. The summed E-state index contributed by atoms with van der Waals surface area (Å²) in [5.41, 5.74) is -0.929. The Morgan fingerprint density at radius 3 is 2.07 bits per heavy atom. The molecule has 7 heteroatoms. The molecule has 1 aromatic carbocycles. The number of halogens is 2. The largest absolute Gasteiger partial charge is 0.389 e. The lowest BCUT2D eigenvalue weighted by Crippen LogP contribution is -2.54. The van der Waals surface area contributed by atoms with Gasteiger partial charge in [-0.15, -0.1) is 0 Å². The van der Waals surface area contributed by atoms with Gasteiger partial charge in [0.05, 0.1) is 5.60 Å². The Hall–Kier alpha value is -1.57. The van der Waals surface area contributed by atoms with Gasteiger partial charge in [0.25, 0.3) is 5.91 Å². The maximum atomic E-state index is 14.0. The predicted octanol–water partition coefficient (Wildman–Crippen LogP) is 2.74. The number of β-amino-alcohol motifs (C(OH)–C–C–N with tert-alkyl or cyclic N) is 1. The van der Waals surface area contributed by atoms with E-state index in [1.165, 1.54) is 6.07 Å². The van der Waals surface area contributed by atoms with E-state index in [1.807, 2.05) is 0 Å². The summed E-state index contributed by atoms with van der Waals surface area (Å²) in [5.74, 6) is -2.15. The lowest BCUT2D eigenvalue weighted by Gasteiger charge is -2.49. The van der Waals surface area contributed by atoms with Gasteiger partial charge in [-0.25, -0.2) is 8.78 Å². The van der Waals surface area contributed by atoms with Crippen LogP contribution in [0.4, 0.5) is 8.78 Å².